The molecular weight excluding hydrogens is 190 g/mol. The van der Waals surface area contributed by atoms with E-state index in [-0.39, 0.29) is 12.6 Å². The highest BCUT2D eigenvalue weighted by Crippen LogP contribution is 2.19. The Bertz CT molecular complexity index is 295. The van der Waals surface area contributed by atoms with Gasteiger partial charge in [-0.25, -0.2) is 0 Å². The second-order valence-electron chi connectivity index (χ2n) is 3.91. The van der Waals surface area contributed by atoms with Crippen LogP contribution in [-0.2, 0) is 0 Å². The maximum absolute atomic E-state index is 9.35. The van der Waals surface area contributed by atoms with Crippen molar-refractivity contribution in [3.63, 3.8) is 0 Å². The van der Waals surface area contributed by atoms with Crippen LogP contribution in [0.2, 0.25) is 0 Å². The Hall–Kier alpha value is -1.06. The molecule has 3 heteroatoms. The van der Waals surface area contributed by atoms with E-state index in [9.17, 15) is 5.11 Å². The van der Waals surface area contributed by atoms with Gasteiger partial charge in [-0.15, -0.1) is 0 Å². The highest BCUT2D eigenvalue weighted by molar-refractivity contribution is 5.47. The first kappa shape index (κ1) is 12.0. The van der Waals surface area contributed by atoms with Crippen LogP contribution in [0.15, 0.2) is 24.3 Å². The molecule has 0 saturated carbocycles. The highest BCUT2D eigenvalue weighted by Gasteiger charge is 2.08. The van der Waals surface area contributed by atoms with E-state index in [1.165, 1.54) is 0 Å². The summed E-state index contributed by atoms with van der Waals surface area (Å²) in [5.41, 5.74) is 1.95. The van der Waals surface area contributed by atoms with Crippen molar-refractivity contribution >= 4 is 5.69 Å². The van der Waals surface area contributed by atoms with Gasteiger partial charge in [-0.1, -0.05) is 12.1 Å². The Morgan fingerprint density at radius 2 is 1.73 bits per heavy atom. The molecule has 1 aromatic carbocycles. The minimum atomic E-state index is -0.431. The molecule has 0 fully saturated rings. The van der Waals surface area contributed by atoms with Gasteiger partial charge in [-0.2, -0.15) is 0 Å². The fourth-order valence-corrected chi connectivity index (χ4v) is 1.36. The lowest BCUT2D eigenvalue weighted by atomic mass is 10.1. The molecule has 1 aromatic rings. The summed E-state index contributed by atoms with van der Waals surface area (Å²) in [7, 11) is 1.94. The van der Waals surface area contributed by atoms with E-state index in [2.05, 4.69) is 0 Å². The molecule has 0 saturated heterocycles. The summed E-state index contributed by atoms with van der Waals surface area (Å²) in [4.78, 5) is 2.01. The Labute approximate surface area is 91.0 Å². The molecule has 2 N–H and O–H groups in total. The maximum atomic E-state index is 9.35. The first-order valence-electron chi connectivity index (χ1n) is 5.18. The minimum Gasteiger partial charge on any atom is -0.394 e. The van der Waals surface area contributed by atoms with Gasteiger partial charge < -0.3 is 15.1 Å². The molecule has 2 atom stereocenters. The van der Waals surface area contributed by atoms with E-state index in [0.29, 0.717) is 0 Å². The van der Waals surface area contributed by atoms with Gasteiger partial charge in [0.1, 0.15) is 0 Å². The van der Waals surface area contributed by atoms with Crippen LogP contribution < -0.4 is 4.90 Å². The first-order valence-corrected chi connectivity index (χ1v) is 5.18. The van der Waals surface area contributed by atoms with Crippen molar-refractivity contribution in [1.82, 2.24) is 0 Å². The molecule has 0 aliphatic carbocycles. The summed E-state index contributed by atoms with van der Waals surface area (Å²) in [6.07, 6.45) is -0.431. The van der Waals surface area contributed by atoms with E-state index in [0.717, 1.165) is 11.3 Å². The molecule has 0 heterocycles. The van der Waals surface area contributed by atoms with Gasteiger partial charge in [0.2, 0.25) is 0 Å². The number of likely N-dealkylation sites (N-methyl/N-ethyl adjacent to an activating group) is 1. The largest absolute Gasteiger partial charge is 0.394 e. The van der Waals surface area contributed by atoms with Crippen molar-refractivity contribution in [1.29, 1.82) is 0 Å². The molecule has 0 radical (unpaired) electrons. The molecular formula is C12H19NO2. The van der Waals surface area contributed by atoms with Crippen LogP contribution in [0.25, 0.3) is 0 Å². The molecule has 0 aliphatic rings. The van der Waals surface area contributed by atoms with Crippen LogP contribution in [0.3, 0.4) is 0 Å². The number of aliphatic hydroxyl groups is 2. The normalized spacial score (nSPS) is 14.7. The molecule has 0 bridgehead atoms. The first-order chi connectivity index (χ1) is 7.06. The number of rotatable bonds is 4. The molecule has 15 heavy (non-hydrogen) atoms. The van der Waals surface area contributed by atoms with Crippen molar-refractivity contribution < 1.29 is 10.2 Å². The monoisotopic (exact) mass is 209 g/mol. The quantitative estimate of drug-likeness (QED) is 0.791. The van der Waals surface area contributed by atoms with Gasteiger partial charge in [-0.3, -0.25) is 0 Å². The fourth-order valence-electron chi connectivity index (χ4n) is 1.36. The average molecular weight is 209 g/mol. The standard InChI is InChI=1S/C12H19NO2/c1-9(8-14)13(3)12-6-4-11(5-7-12)10(2)15/h4-7,9-10,14-15H,8H2,1-3H3/t9?,10-/m0/s1. The summed E-state index contributed by atoms with van der Waals surface area (Å²) < 4.78 is 0. The van der Waals surface area contributed by atoms with E-state index in [4.69, 9.17) is 5.11 Å². The van der Waals surface area contributed by atoms with E-state index in [1.807, 2.05) is 43.1 Å². The highest BCUT2D eigenvalue weighted by atomic mass is 16.3. The topological polar surface area (TPSA) is 43.7 Å². The zero-order chi connectivity index (χ0) is 11.4. The number of benzene rings is 1. The molecule has 0 spiro atoms. The van der Waals surface area contributed by atoms with E-state index < -0.39 is 6.10 Å². The van der Waals surface area contributed by atoms with E-state index in [1.54, 1.807) is 6.92 Å². The van der Waals surface area contributed by atoms with Crippen LogP contribution >= 0.6 is 0 Å². The van der Waals surface area contributed by atoms with Gasteiger partial charge in [0, 0.05) is 18.8 Å². The number of anilines is 1. The smallest absolute Gasteiger partial charge is 0.0761 e. The number of nitrogens with zero attached hydrogens (tertiary/aromatic N) is 1. The molecule has 84 valence electrons. The lowest BCUT2D eigenvalue weighted by Gasteiger charge is -2.25. The van der Waals surface area contributed by atoms with Gasteiger partial charge in [0.25, 0.3) is 0 Å². The predicted molar refractivity (Wildman–Crippen MR) is 62.0 cm³/mol. The second kappa shape index (κ2) is 5.14. The zero-order valence-corrected chi connectivity index (χ0v) is 9.51. The van der Waals surface area contributed by atoms with Crippen LogP contribution in [0.1, 0.15) is 25.5 Å². The summed E-state index contributed by atoms with van der Waals surface area (Å²) in [6.45, 7) is 3.84. The number of aliphatic hydroxyl groups excluding tert-OH is 2. The minimum absolute atomic E-state index is 0.0994. The van der Waals surface area contributed by atoms with Crippen molar-refractivity contribution in [2.45, 2.75) is 26.0 Å². The molecule has 0 aliphatic heterocycles. The van der Waals surface area contributed by atoms with Crippen molar-refractivity contribution in [2.24, 2.45) is 0 Å². The van der Waals surface area contributed by atoms with Gasteiger partial charge in [-0.05, 0) is 31.5 Å². The van der Waals surface area contributed by atoms with Gasteiger partial charge in [0.15, 0.2) is 0 Å². The summed E-state index contributed by atoms with van der Waals surface area (Å²) in [5, 5.41) is 18.4. The third kappa shape index (κ3) is 2.94. The molecule has 1 unspecified atom stereocenters. The zero-order valence-electron chi connectivity index (χ0n) is 9.51. The number of hydrogen-bond donors (Lipinski definition) is 2. The van der Waals surface area contributed by atoms with Crippen LogP contribution in [0.5, 0.6) is 0 Å². The molecule has 0 amide bonds. The Morgan fingerprint density at radius 1 is 1.20 bits per heavy atom. The van der Waals surface area contributed by atoms with Crippen molar-refractivity contribution in [2.75, 3.05) is 18.6 Å². The Balaban J connectivity index is 2.79. The SMILES string of the molecule is CC(CO)N(C)c1ccc([C@H](C)O)cc1. The summed E-state index contributed by atoms with van der Waals surface area (Å²) in [5.74, 6) is 0. The Kier molecular flexibility index (Phi) is 4.12. The molecule has 3 nitrogen and oxygen atoms in total. The Morgan fingerprint density at radius 3 is 2.13 bits per heavy atom. The van der Waals surface area contributed by atoms with Crippen LogP contribution in [-0.4, -0.2) is 29.9 Å². The summed E-state index contributed by atoms with van der Waals surface area (Å²) in [6, 6.07) is 7.81. The van der Waals surface area contributed by atoms with Gasteiger partial charge in [0.05, 0.1) is 12.7 Å². The lowest BCUT2D eigenvalue weighted by molar-refractivity contribution is 0.199. The van der Waals surface area contributed by atoms with E-state index >= 15 is 0 Å². The fraction of sp³-hybridized carbons (Fsp3) is 0.500. The van der Waals surface area contributed by atoms with Gasteiger partial charge >= 0.3 is 0 Å². The third-order valence-corrected chi connectivity index (χ3v) is 2.71. The third-order valence-electron chi connectivity index (χ3n) is 2.71. The molecule has 1 rings (SSSR count). The lowest BCUT2D eigenvalue weighted by Crippen LogP contribution is -2.31. The van der Waals surface area contributed by atoms with Crippen LogP contribution in [0, 0.1) is 0 Å². The van der Waals surface area contributed by atoms with Crippen LogP contribution in [0.4, 0.5) is 5.69 Å². The maximum Gasteiger partial charge on any atom is 0.0761 e. The second-order valence-corrected chi connectivity index (χ2v) is 3.91. The number of hydrogen-bond acceptors (Lipinski definition) is 3. The summed E-state index contributed by atoms with van der Waals surface area (Å²) >= 11 is 0. The molecule has 0 aromatic heterocycles. The predicted octanol–water partition coefficient (Wildman–Crippen LogP) is 1.56. The van der Waals surface area contributed by atoms with Crippen molar-refractivity contribution in [3.8, 4) is 0 Å². The van der Waals surface area contributed by atoms with Crippen molar-refractivity contribution in [3.05, 3.63) is 29.8 Å². The average Bonchev–Trinajstić information content (AvgIpc) is 2.27.